The molecule has 1 saturated heterocycles. The van der Waals surface area contributed by atoms with Crippen molar-refractivity contribution in [1.29, 1.82) is 0 Å². The molecule has 4 rings (SSSR count). The molecule has 2 aromatic heterocycles. The normalized spacial score (nSPS) is 25.6. The van der Waals surface area contributed by atoms with Gasteiger partial charge in [-0.1, -0.05) is 30.3 Å². The summed E-state index contributed by atoms with van der Waals surface area (Å²) in [5.74, 6) is 0.166. The van der Waals surface area contributed by atoms with Crippen molar-refractivity contribution in [2.45, 2.75) is 24.5 Å². The number of aliphatic hydroxyl groups excluding tert-OH is 2. The van der Waals surface area contributed by atoms with E-state index in [9.17, 15) is 28.8 Å². The van der Waals surface area contributed by atoms with Crippen LogP contribution in [0.5, 0.6) is 0 Å². The molecule has 0 aliphatic carbocycles. The summed E-state index contributed by atoms with van der Waals surface area (Å²) >= 11 is 0. The van der Waals surface area contributed by atoms with Gasteiger partial charge in [0.1, 0.15) is 42.7 Å². The molecule has 1 fully saturated rings. The summed E-state index contributed by atoms with van der Waals surface area (Å²) in [6.07, 6.45) is -2.83. The van der Waals surface area contributed by atoms with E-state index in [1.807, 2.05) is 30.3 Å². The maximum atomic E-state index is 11.9. The minimum Gasteiger partial charge on any atom is -0.387 e. The van der Waals surface area contributed by atoms with Crippen molar-refractivity contribution in [2.24, 2.45) is 0 Å². The minimum atomic E-state index is -5.48. The molecule has 1 aliphatic rings. The van der Waals surface area contributed by atoms with Gasteiger partial charge in [0.2, 0.25) is 0 Å². The van der Waals surface area contributed by atoms with Crippen molar-refractivity contribution < 1.29 is 61.5 Å². The molecule has 1 aliphatic heterocycles. The summed E-state index contributed by atoms with van der Waals surface area (Å²) in [5.41, 5.74) is 7.77. The van der Waals surface area contributed by atoms with Crippen LogP contribution in [0, 0.1) is 0 Å². The predicted octanol–water partition coefficient (Wildman–Crippen LogP) is 1.70. The minimum absolute atomic E-state index is 0.166. The van der Waals surface area contributed by atoms with Crippen LogP contribution < -0.4 is 5.73 Å². The standard InChI is InChI=1S/C17H19N4O13P3/c18-15-12-10(9-4-2-1-3-5-9)6-21(16(12)20-8-19-15)17-14(23)13(22)11(31-17)7-30-35(25)33-37(28,29)34-36(26,27)32-24/h1-6,8,11,13-14,17,22-23H,7H2,(H4-,18,19,20,24,26,27,28,29)/p+1/t11-,13-,14-,17-/m1/s1. The van der Waals surface area contributed by atoms with E-state index in [0.717, 1.165) is 5.56 Å². The molecule has 7 atom stereocenters. The van der Waals surface area contributed by atoms with Crippen LogP contribution in [0.15, 0.2) is 42.9 Å². The Hall–Kier alpha value is -2.20. The van der Waals surface area contributed by atoms with E-state index >= 15 is 0 Å². The van der Waals surface area contributed by atoms with Crippen molar-refractivity contribution >= 4 is 40.8 Å². The number of hydrogen-bond acceptors (Lipinski definition) is 14. The molecule has 3 heterocycles. The van der Waals surface area contributed by atoms with Gasteiger partial charge in [-0.15, -0.1) is 9.20 Å². The van der Waals surface area contributed by atoms with Crippen LogP contribution in [0.25, 0.3) is 22.2 Å². The van der Waals surface area contributed by atoms with Crippen molar-refractivity contribution in [3.8, 4) is 11.1 Å². The van der Waals surface area contributed by atoms with Gasteiger partial charge < -0.3 is 30.1 Å². The van der Waals surface area contributed by atoms with Crippen LogP contribution in [0.2, 0.25) is 0 Å². The SMILES string of the molecule is Nc1ncnc2c1c(-c1ccccc1)cn2[C@@H]1O[C@H](CO[P+](=O)OP(=O)(O)OP(=O)(O)OO)[C@@H](O)[C@H]1O. The van der Waals surface area contributed by atoms with Gasteiger partial charge >= 0.3 is 23.9 Å². The zero-order valence-corrected chi connectivity index (χ0v) is 21.0. The van der Waals surface area contributed by atoms with Gasteiger partial charge in [0, 0.05) is 16.3 Å². The Bertz CT molecular complexity index is 1390. The number of nitrogen functional groups attached to an aromatic ring is 1. The summed E-state index contributed by atoms with van der Waals surface area (Å²) in [5, 5.41) is 29.7. The first-order chi connectivity index (χ1) is 17.4. The fraction of sp³-hybridized carbons (Fsp3) is 0.294. The van der Waals surface area contributed by atoms with E-state index in [2.05, 4.69) is 23.3 Å². The zero-order valence-electron chi connectivity index (χ0n) is 18.3. The highest BCUT2D eigenvalue weighted by Crippen LogP contribution is 2.63. The maximum absolute atomic E-state index is 11.9. The van der Waals surface area contributed by atoms with E-state index < -0.39 is 55.0 Å². The molecule has 200 valence electrons. The van der Waals surface area contributed by atoms with E-state index in [1.54, 1.807) is 6.20 Å². The number of anilines is 1. The molecular weight excluding hydrogens is 561 g/mol. The Labute approximate surface area is 208 Å². The predicted molar refractivity (Wildman–Crippen MR) is 122 cm³/mol. The van der Waals surface area contributed by atoms with E-state index in [1.165, 1.54) is 10.9 Å². The van der Waals surface area contributed by atoms with E-state index in [-0.39, 0.29) is 11.5 Å². The monoisotopic (exact) mass is 581 g/mol. The molecular formula is C17H20N4O13P3+. The summed E-state index contributed by atoms with van der Waals surface area (Å²) < 4.78 is 57.0. The summed E-state index contributed by atoms with van der Waals surface area (Å²) in [6, 6.07) is 9.10. The molecule has 0 amide bonds. The van der Waals surface area contributed by atoms with E-state index in [4.69, 9.17) is 25.1 Å². The summed E-state index contributed by atoms with van der Waals surface area (Å²) in [6.45, 7) is -0.723. The number of rotatable bonds is 10. The highest BCUT2D eigenvalue weighted by atomic mass is 31.3. The molecule has 0 bridgehead atoms. The lowest BCUT2D eigenvalue weighted by Gasteiger charge is -2.17. The van der Waals surface area contributed by atoms with Crippen molar-refractivity contribution in [3.63, 3.8) is 0 Å². The molecule has 3 unspecified atom stereocenters. The smallest absolute Gasteiger partial charge is 0.387 e. The highest BCUT2D eigenvalue weighted by Gasteiger charge is 2.48. The molecule has 17 nitrogen and oxygen atoms in total. The molecule has 7 N–H and O–H groups in total. The topological polar surface area (TPSA) is 255 Å². The third-order valence-corrected chi connectivity index (χ3v) is 8.73. The van der Waals surface area contributed by atoms with Gasteiger partial charge in [-0.05, 0) is 9.87 Å². The fourth-order valence-corrected chi connectivity index (χ4v) is 6.32. The van der Waals surface area contributed by atoms with Crippen molar-refractivity contribution in [1.82, 2.24) is 14.5 Å². The van der Waals surface area contributed by atoms with Gasteiger partial charge in [-0.2, -0.15) is 4.31 Å². The van der Waals surface area contributed by atoms with Gasteiger partial charge in [-0.3, -0.25) is 4.89 Å². The third-order valence-electron chi connectivity index (χ3n) is 5.16. The van der Waals surface area contributed by atoms with E-state index in [0.29, 0.717) is 10.9 Å². The van der Waals surface area contributed by atoms with Crippen molar-refractivity contribution in [3.05, 3.63) is 42.9 Å². The van der Waals surface area contributed by atoms with Crippen LogP contribution in [0.3, 0.4) is 0 Å². The molecule has 37 heavy (non-hydrogen) atoms. The highest BCUT2D eigenvalue weighted by molar-refractivity contribution is 7.64. The number of aliphatic hydroxyl groups is 2. The first-order valence-electron chi connectivity index (χ1n) is 10.1. The molecule has 3 aromatic rings. The summed E-state index contributed by atoms with van der Waals surface area (Å²) in [4.78, 5) is 26.4. The van der Waals surface area contributed by atoms with Gasteiger partial charge in [0.25, 0.3) is 0 Å². The first kappa shape index (κ1) is 27.8. The number of benzene rings is 1. The quantitative estimate of drug-likeness (QED) is 0.113. The van der Waals surface area contributed by atoms with Crippen LogP contribution in [-0.2, 0) is 36.3 Å². The Balaban J connectivity index is 1.51. The van der Waals surface area contributed by atoms with Crippen LogP contribution in [0.1, 0.15) is 6.23 Å². The Morgan fingerprint density at radius 1 is 1.11 bits per heavy atom. The first-order valence-corrected chi connectivity index (χ1v) is 14.2. The second-order valence-electron chi connectivity index (χ2n) is 7.52. The Morgan fingerprint density at radius 3 is 2.49 bits per heavy atom. The maximum Gasteiger partial charge on any atom is 0.708 e. The van der Waals surface area contributed by atoms with Crippen LogP contribution in [0.4, 0.5) is 5.82 Å². The number of ether oxygens (including phenoxy) is 1. The zero-order chi connectivity index (χ0) is 27.0. The van der Waals surface area contributed by atoms with Gasteiger partial charge in [0.15, 0.2) is 6.23 Å². The number of hydrogen-bond donors (Lipinski definition) is 6. The molecule has 0 spiro atoms. The lowest BCUT2D eigenvalue weighted by atomic mass is 10.1. The molecule has 1 aromatic carbocycles. The molecule has 20 heteroatoms. The van der Waals surface area contributed by atoms with Gasteiger partial charge in [0.05, 0.1) is 5.39 Å². The molecule has 0 radical (unpaired) electrons. The van der Waals surface area contributed by atoms with Crippen LogP contribution >= 0.6 is 23.9 Å². The Kier molecular flexibility index (Phi) is 8.19. The number of nitrogens with two attached hydrogens (primary N) is 1. The number of fused-ring (bicyclic) bond motifs is 1. The number of aromatic nitrogens is 3. The summed E-state index contributed by atoms with van der Waals surface area (Å²) in [7, 11) is -14.3. The van der Waals surface area contributed by atoms with Crippen LogP contribution in [-0.4, -0.2) is 64.7 Å². The number of nitrogens with zero attached hydrogens (tertiary/aromatic N) is 3. The average Bonchev–Trinajstić information content (AvgIpc) is 3.36. The second-order valence-corrected chi connectivity index (χ2v) is 11.6. The second kappa shape index (κ2) is 10.9. The number of phosphoric acid groups is 2. The average molecular weight is 581 g/mol. The van der Waals surface area contributed by atoms with Crippen molar-refractivity contribution in [2.75, 3.05) is 12.3 Å². The lowest BCUT2D eigenvalue weighted by Crippen LogP contribution is -2.33. The lowest BCUT2D eigenvalue weighted by molar-refractivity contribution is -0.157. The Morgan fingerprint density at radius 2 is 1.81 bits per heavy atom. The fourth-order valence-electron chi connectivity index (χ4n) is 3.64. The molecule has 0 saturated carbocycles. The third kappa shape index (κ3) is 6.11. The van der Waals surface area contributed by atoms with Gasteiger partial charge in [-0.25, -0.2) is 24.4 Å². The largest absolute Gasteiger partial charge is 0.708 e.